The Morgan fingerprint density at radius 3 is 2.58 bits per heavy atom. The summed E-state index contributed by atoms with van der Waals surface area (Å²) in [5, 5.41) is 4.79. The molecule has 33 heavy (non-hydrogen) atoms. The van der Waals surface area contributed by atoms with Crippen molar-refractivity contribution in [2.24, 2.45) is 5.92 Å². The van der Waals surface area contributed by atoms with E-state index in [1.807, 2.05) is 52.2 Å². The number of carbonyl (C=O) groups excluding carboxylic acids is 1. The highest BCUT2D eigenvalue weighted by Gasteiger charge is 2.31. The molecule has 0 unspecified atom stereocenters. The van der Waals surface area contributed by atoms with Crippen molar-refractivity contribution in [2.45, 2.75) is 25.7 Å². The normalized spacial score (nSPS) is 17.8. The van der Waals surface area contributed by atoms with Crippen LogP contribution in [-0.4, -0.2) is 58.2 Å². The van der Waals surface area contributed by atoms with Gasteiger partial charge < -0.3 is 14.4 Å². The first-order chi connectivity index (χ1) is 16.3. The van der Waals surface area contributed by atoms with Crippen LogP contribution in [-0.2, 0) is 20.8 Å². The molecule has 2 fully saturated rings. The minimum absolute atomic E-state index is 0.0228. The van der Waals surface area contributed by atoms with Gasteiger partial charge >= 0.3 is 0 Å². The van der Waals surface area contributed by atoms with E-state index in [1.165, 1.54) is 5.56 Å². The van der Waals surface area contributed by atoms with Gasteiger partial charge in [0, 0.05) is 54.8 Å². The number of nitrogens with zero attached hydrogens (tertiary/aromatic N) is 4. The Labute approximate surface area is 193 Å². The average molecular weight is 445 g/mol. The monoisotopic (exact) mass is 444 g/mol. The Hall–Kier alpha value is -3.29. The number of hydrogen-bond acceptors (Lipinski definition) is 5. The highest BCUT2D eigenvalue weighted by atomic mass is 16.7. The van der Waals surface area contributed by atoms with Crippen molar-refractivity contribution in [1.82, 2.24) is 19.7 Å². The average Bonchev–Trinajstić information content (AvgIpc) is 3.54. The summed E-state index contributed by atoms with van der Waals surface area (Å²) in [6.45, 7) is 3.45. The van der Waals surface area contributed by atoms with Crippen LogP contribution in [0.4, 0.5) is 0 Å². The van der Waals surface area contributed by atoms with Crippen LogP contribution in [0, 0.1) is 5.92 Å². The highest BCUT2D eigenvalue weighted by Crippen LogP contribution is 2.27. The number of carbonyl (C=O) groups is 1. The smallest absolute Gasteiger partial charge is 0.246 e. The lowest BCUT2D eigenvalue weighted by Gasteiger charge is -2.33. The molecular weight excluding hydrogens is 416 g/mol. The molecule has 2 aromatic heterocycles. The van der Waals surface area contributed by atoms with E-state index < -0.39 is 0 Å². The van der Waals surface area contributed by atoms with Crippen LogP contribution in [0.1, 0.15) is 24.0 Å². The van der Waals surface area contributed by atoms with E-state index in [0.29, 0.717) is 25.7 Å². The maximum atomic E-state index is 12.9. The predicted octanol–water partition coefficient (Wildman–Crippen LogP) is 3.62. The van der Waals surface area contributed by atoms with Crippen LogP contribution in [0.2, 0.25) is 0 Å². The molecule has 2 aliphatic heterocycles. The lowest BCUT2D eigenvalue weighted by atomic mass is 9.96. The van der Waals surface area contributed by atoms with E-state index in [0.717, 1.165) is 42.8 Å². The van der Waals surface area contributed by atoms with E-state index in [4.69, 9.17) is 14.6 Å². The summed E-state index contributed by atoms with van der Waals surface area (Å²) < 4.78 is 13.2. The van der Waals surface area contributed by atoms with Crippen molar-refractivity contribution < 1.29 is 14.3 Å². The minimum atomic E-state index is -0.102. The zero-order valence-electron chi connectivity index (χ0n) is 18.5. The molecule has 1 amide bonds. The fraction of sp³-hybridized carbons (Fsp3) is 0.346. The molecule has 0 saturated carbocycles. The maximum absolute atomic E-state index is 12.9. The second-order valence-corrected chi connectivity index (χ2v) is 8.46. The first kappa shape index (κ1) is 21.6. The maximum Gasteiger partial charge on any atom is 0.246 e. The lowest BCUT2D eigenvalue weighted by Crippen LogP contribution is -2.40. The van der Waals surface area contributed by atoms with Gasteiger partial charge in [0.25, 0.3) is 0 Å². The van der Waals surface area contributed by atoms with Crippen molar-refractivity contribution in [3.63, 3.8) is 0 Å². The number of pyridine rings is 1. The molecule has 0 atom stereocenters. The Morgan fingerprint density at radius 1 is 1.06 bits per heavy atom. The van der Waals surface area contributed by atoms with Gasteiger partial charge in [0.05, 0.1) is 19.8 Å². The quantitative estimate of drug-likeness (QED) is 0.543. The van der Waals surface area contributed by atoms with E-state index in [2.05, 4.69) is 17.1 Å². The Morgan fingerprint density at radius 2 is 1.85 bits per heavy atom. The van der Waals surface area contributed by atoms with Crippen molar-refractivity contribution in [3.8, 4) is 11.3 Å². The number of rotatable bonds is 6. The summed E-state index contributed by atoms with van der Waals surface area (Å²) in [6.07, 6.45) is 10.8. The van der Waals surface area contributed by atoms with Gasteiger partial charge in [-0.05, 0) is 36.6 Å². The molecule has 1 aromatic carbocycles. The molecule has 3 aromatic rings. The second-order valence-electron chi connectivity index (χ2n) is 8.46. The third-order valence-electron chi connectivity index (χ3n) is 6.20. The van der Waals surface area contributed by atoms with Gasteiger partial charge in [-0.3, -0.25) is 14.5 Å². The van der Waals surface area contributed by atoms with Crippen LogP contribution >= 0.6 is 0 Å². The predicted molar refractivity (Wildman–Crippen MR) is 125 cm³/mol. The molecule has 0 spiro atoms. The summed E-state index contributed by atoms with van der Waals surface area (Å²) in [5.74, 6) is 0.392. The van der Waals surface area contributed by atoms with Crippen LogP contribution in [0.25, 0.3) is 17.3 Å². The summed E-state index contributed by atoms with van der Waals surface area (Å²) >= 11 is 0. The first-order valence-electron chi connectivity index (χ1n) is 11.5. The molecule has 7 nitrogen and oxygen atoms in total. The molecule has 2 saturated heterocycles. The van der Waals surface area contributed by atoms with E-state index in [9.17, 15) is 4.79 Å². The van der Waals surface area contributed by atoms with Gasteiger partial charge in [0.2, 0.25) is 5.91 Å². The highest BCUT2D eigenvalue weighted by molar-refractivity contribution is 5.92. The van der Waals surface area contributed by atoms with Crippen molar-refractivity contribution in [2.75, 3.05) is 26.3 Å². The van der Waals surface area contributed by atoms with E-state index in [-0.39, 0.29) is 12.2 Å². The molecule has 0 radical (unpaired) electrons. The van der Waals surface area contributed by atoms with Gasteiger partial charge in [0.15, 0.2) is 6.29 Å². The van der Waals surface area contributed by atoms with Gasteiger partial charge in [0.1, 0.15) is 5.69 Å². The summed E-state index contributed by atoms with van der Waals surface area (Å²) in [5.41, 5.74) is 3.81. The molecule has 0 bridgehead atoms. The van der Waals surface area contributed by atoms with Gasteiger partial charge in [-0.15, -0.1) is 0 Å². The largest absolute Gasteiger partial charge is 0.350 e. The molecule has 2 aliphatic rings. The fourth-order valence-electron chi connectivity index (χ4n) is 4.44. The van der Waals surface area contributed by atoms with Crippen LogP contribution in [0.5, 0.6) is 0 Å². The first-order valence-corrected chi connectivity index (χ1v) is 11.5. The van der Waals surface area contributed by atoms with Gasteiger partial charge in [-0.25, -0.2) is 0 Å². The third-order valence-corrected chi connectivity index (χ3v) is 6.20. The SMILES string of the molecule is O=C(/C=C/c1cn(Cc2ccccc2)nc1-c1cccnc1)N1CCC(C2OCCO2)CC1. The van der Waals surface area contributed by atoms with E-state index >= 15 is 0 Å². The summed E-state index contributed by atoms with van der Waals surface area (Å²) in [4.78, 5) is 19.0. The number of aromatic nitrogens is 3. The van der Waals surface area contributed by atoms with Crippen LogP contribution in [0.15, 0.2) is 67.1 Å². The topological polar surface area (TPSA) is 69.5 Å². The van der Waals surface area contributed by atoms with Gasteiger partial charge in [-0.2, -0.15) is 5.10 Å². The standard InChI is InChI=1S/C26H28N4O3/c31-24(29-13-10-21(11-14-29)26-32-15-16-33-26)9-8-23-19-30(18-20-5-2-1-3-6-20)28-25(23)22-7-4-12-27-17-22/h1-9,12,17,19,21,26H,10-11,13-16,18H2/b9-8+. The molecule has 7 heteroatoms. The van der Waals surface area contributed by atoms with Gasteiger partial charge in [-0.1, -0.05) is 30.3 Å². The third kappa shape index (κ3) is 5.21. The van der Waals surface area contributed by atoms with E-state index in [1.54, 1.807) is 18.5 Å². The zero-order chi connectivity index (χ0) is 22.5. The number of benzene rings is 1. The molecular formula is C26H28N4O3. The number of ether oxygens (including phenoxy) is 2. The lowest BCUT2D eigenvalue weighted by molar-refractivity contribution is -0.131. The minimum Gasteiger partial charge on any atom is -0.350 e. The molecule has 170 valence electrons. The van der Waals surface area contributed by atoms with Crippen LogP contribution in [0.3, 0.4) is 0 Å². The number of piperidine rings is 1. The Bertz CT molecular complexity index is 1080. The number of hydrogen-bond donors (Lipinski definition) is 0. The molecule has 0 aliphatic carbocycles. The summed E-state index contributed by atoms with van der Waals surface area (Å²) in [6, 6.07) is 14.1. The Kier molecular flexibility index (Phi) is 6.60. The summed E-state index contributed by atoms with van der Waals surface area (Å²) in [7, 11) is 0. The molecule has 0 N–H and O–H groups in total. The fourth-order valence-corrected chi connectivity index (χ4v) is 4.44. The Balaban J connectivity index is 1.30. The van der Waals surface area contributed by atoms with Crippen molar-refractivity contribution >= 4 is 12.0 Å². The molecule has 5 rings (SSSR count). The second kappa shape index (κ2) is 10.1. The zero-order valence-corrected chi connectivity index (χ0v) is 18.5. The number of amides is 1. The van der Waals surface area contributed by atoms with Crippen molar-refractivity contribution in [3.05, 3.63) is 78.3 Å². The number of likely N-dealkylation sites (tertiary alicyclic amines) is 1. The van der Waals surface area contributed by atoms with Crippen molar-refractivity contribution in [1.29, 1.82) is 0 Å². The molecule has 4 heterocycles. The van der Waals surface area contributed by atoms with Crippen LogP contribution < -0.4 is 0 Å².